The van der Waals surface area contributed by atoms with E-state index < -0.39 is 0 Å². The Labute approximate surface area is 183 Å². The predicted molar refractivity (Wildman–Crippen MR) is 116 cm³/mol. The zero-order valence-corrected chi connectivity index (χ0v) is 18.2. The maximum absolute atomic E-state index is 6.22. The first-order chi connectivity index (χ1) is 14.7. The van der Waals surface area contributed by atoms with Crippen molar-refractivity contribution in [2.45, 2.75) is 24.4 Å². The van der Waals surface area contributed by atoms with Gasteiger partial charge in [-0.2, -0.15) is 4.98 Å². The highest BCUT2D eigenvalue weighted by Crippen LogP contribution is 2.29. The Kier molecular flexibility index (Phi) is 6.47. The van der Waals surface area contributed by atoms with Gasteiger partial charge < -0.3 is 9.26 Å². The summed E-state index contributed by atoms with van der Waals surface area (Å²) < 4.78 is 12.7. The zero-order valence-electron chi connectivity index (χ0n) is 16.6. The van der Waals surface area contributed by atoms with Crippen LogP contribution in [0.15, 0.2) is 58.2 Å². The number of rotatable bonds is 8. The lowest BCUT2D eigenvalue weighted by Crippen LogP contribution is -2.07. The lowest BCUT2D eigenvalue weighted by atomic mass is 10.1. The average Bonchev–Trinajstić information content (AvgIpc) is 3.38. The number of halogens is 1. The molecule has 0 bridgehead atoms. The number of benzene rings is 2. The van der Waals surface area contributed by atoms with Gasteiger partial charge in [-0.1, -0.05) is 64.4 Å². The Bertz CT molecular complexity index is 1140. The van der Waals surface area contributed by atoms with E-state index in [-0.39, 0.29) is 0 Å². The fourth-order valence-electron chi connectivity index (χ4n) is 2.97. The van der Waals surface area contributed by atoms with Crippen LogP contribution in [0.1, 0.15) is 11.5 Å². The molecule has 2 aromatic carbocycles. The van der Waals surface area contributed by atoms with E-state index >= 15 is 0 Å². The molecule has 7 nitrogen and oxygen atoms in total. The molecule has 0 atom stereocenters. The Morgan fingerprint density at radius 1 is 1.13 bits per heavy atom. The first-order valence-electron chi connectivity index (χ1n) is 9.35. The van der Waals surface area contributed by atoms with Crippen molar-refractivity contribution in [1.29, 1.82) is 0 Å². The van der Waals surface area contributed by atoms with E-state index in [0.29, 0.717) is 35.6 Å². The monoisotopic (exact) mass is 441 g/mol. The van der Waals surface area contributed by atoms with Crippen molar-refractivity contribution >= 4 is 23.4 Å². The highest BCUT2D eigenvalue weighted by molar-refractivity contribution is 7.98. The standard InChI is InChI=1S/C21H20ClN5O2S/c1-14-6-5-7-15(12-14)20-24-25-21(27(20)10-11-28-2)30-13-18-23-19(26-29-18)16-8-3-4-9-17(16)22/h3-9,12H,10-11,13H2,1-2H3. The van der Waals surface area contributed by atoms with Gasteiger partial charge in [0, 0.05) is 18.2 Å². The van der Waals surface area contributed by atoms with E-state index in [1.165, 1.54) is 17.3 Å². The van der Waals surface area contributed by atoms with E-state index in [1.54, 1.807) is 13.2 Å². The average molecular weight is 442 g/mol. The van der Waals surface area contributed by atoms with Crippen molar-refractivity contribution in [3.8, 4) is 22.8 Å². The molecule has 154 valence electrons. The van der Waals surface area contributed by atoms with E-state index in [2.05, 4.69) is 39.4 Å². The molecule has 0 radical (unpaired) electrons. The number of aromatic nitrogens is 5. The predicted octanol–water partition coefficient (Wildman–Crippen LogP) is 4.90. The minimum Gasteiger partial charge on any atom is -0.383 e. The molecule has 0 N–H and O–H groups in total. The smallest absolute Gasteiger partial charge is 0.237 e. The molecule has 2 heterocycles. The molecule has 0 unspecified atom stereocenters. The minimum atomic E-state index is 0.469. The minimum absolute atomic E-state index is 0.469. The normalized spacial score (nSPS) is 11.2. The van der Waals surface area contributed by atoms with Crippen LogP contribution < -0.4 is 0 Å². The topological polar surface area (TPSA) is 78.9 Å². The van der Waals surface area contributed by atoms with Crippen molar-refractivity contribution in [3.05, 3.63) is 65.0 Å². The van der Waals surface area contributed by atoms with Crippen LogP contribution in [0, 0.1) is 6.92 Å². The lowest BCUT2D eigenvalue weighted by Gasteiger charge is -2.09. The number of hydrogen-bond acceptors (Lipinski definition) is 7. The van der Waals surface area contributed by atoms with Gasteiger partial charge in [-0.15, -0.1) is 10.2 Å². The first-order valence-corrected chi connectivity index (χ1v) is 10.7. The highest BCUT2D eigenvalue weighted by Gasteiger charge is 2.17. The second kappa shape index (κ2) is 9.42. The van der Waals surface area contributed by atoms with Crippen LogP contribution in [0.3, 0.4) is 0 Å². The third kappa shape index (κ3) is 4.56. The maximum atomic E-state index is 6.22. The Morgan fingerprint density at radius 2 is 2.00 bits per heavy atom. The molecule has 2 aromatic heterocycles. The summed E-state index contributed by atoms with van der Waals surface area (Å²) in [6, 6.07) is 15.6. The SMILES string of the molecule is COCCn1c(SCc2nc(-c3ccccc3Cl)no2)nnc1-c1cccc(C)c1. The van der Waals surface area contributed by atoms with Crippen molar-refractivity contribution in [2.24, 2.45) is 0 Å². The van der Waals surface area contributed by atoms with Crippen LogP contribution in [-0.4, -0.2) is 38.6 Å². The molecular weight excluding hydrogens is 422 g/mol. The Balaban J connectivity index is 1.54. The summed E-state index contributed by atoms with van der Waals surface area (Å²) in [7, 11) is 1.68. The highest BCUT2D eigenvalue weighted by atomic mass is 35.5. The summed E-state index contributed by atoms with van der Waals surface area (Å²) in [6.07, 6.45) is 0. The quantitative estimate of drug-likeness (QED) is 0.360. The molecule has 0 aliphatic carbocycles. The van der Waals surface area contributed by atoms with Gasteiger partial charge in [0.2, 0.25) is 11.7 Å². The summed E-state index contributed by atoms with van der Waals surface area (Å²) in [5.74, 6) is 2.24. The van der Waals surface area contributed by atoms with Crippen molar-refractivity contribution in [3.63, 3.8) is 0 Å². The van der Waals surface area contributed by atoms with Gasteiger partial charge in [0.1, 0.15) is 0 Å². The maximum Gasteiger partial charge on any atom is 0.237 e. The van der Waals surface area contributed by atoms with Gasteiger partial charge in [-0.25, -0.2) is 0 Å². The third-order valence-electron chi connectivity index (χ3n) is 4.42. The van der Waals surface area contributed by atoms with Crippen LogP contribution >= 0.6 is 23.4 Å². The number of aryl methyl sites for hydroxylation is 1. The number of nitrogens with zero attached hydrogens (tertiary/aromatic N) is 5. The molecular formula is C21H20ClN5O2S. The summed E-state index contributed by atoms with van der Waals surface area (Å²) in [5.41, 5.74) is 2.93. The van der Waals surface area contributed by atoms with Crippen molar-refractivity contribution in [2.75, 3.05) is 13.7 Å². The third-order valence-corrected chi connectivity index (χ3v) is 5.70. The summed E-state index contributed by atoms with van der Waals surface area (Å²) >= 11 is 7.71. The zero-order chi connectivity index (χ0) is 20.9. The molecule has 30 heavy (non-hydrogen) atoms. The van der Waals surface area contributed by atoms with Crippen LogP contribution in [0.25, 0.3) is 22.8 Å². The van der Waals surface area contributed by atoms with Gasteiger partial charge in [0.25, 0.3) is 0 Å². The molecule has 4 aromatic rings. The fraction of sp³-hybridized carbons (Fsp3) is 0.238. The first kappa shape index (κ1) is 20.6. The van der Waals surface area contributed by atoms with Crippen LogP contribution in [-0.2, 0) is 17.0 Å². The van der Waals surface area contributed by atoms with Gasteiger partial charge in [-0.3, -0.25) is 4.57 Å². The summed E-state index contributed by atoms with van der Waals surface area (Å²) in [4.78, 5) is 4.46. The molecule has 0 aliphatic rings. The van der Waals surface area contributed by atoms with Gasteiger partial charge in [-0.05, 0) is 25.1 Å². The molecule has 0 fully saturated rings. The number of methoxy groups -OCH3 is 1. The molecule has 0 saturated carbocycles. The van der Waals surface area contributed by atoms with Crippen LogP contribution in [0.2, 0.25) is 5.02 Å². The number of hydrogen-bond donors (Lipinski definition) is 0. The van der Waals surface area contributed by atoms with E-state index in [4.69, 9.17) is 20.9 Å². The number of thioether (sulfide) groups is 1. The van der Waals surface area contributed by atoms with Crippen molar-refractivity contribution in [1.82, 2.24) is 24.9 Å². The fourth-order valence-corrected chi connectivity index (χ4v) is 3.99. The van der Waals surface area contributed by atoms with Gasteiger partial charge in [0.05, 0.1) is 23.9 Å². The van der Waals surface area contributed by atoms with E-state index in [9.17, 15) is 0 Å². The lowest BCUT2D eigenvalue weighted by molar-refractivity contribution is 0.185. The van der Waals surface area contributed by atoms with Gasteiger partial charge in [0.15, 0.2) is 11.0 Å². The van der Waals surface area contributed by atoms with Gasteiger partial charge >= 0.3 is 0 Å². The Hall–Kier alpha value is -2.68. The van der Waals surface area contributed by atoms with Crippen LogP contribution in [0.5, 0.6) is 0 Å². The molecule has 0 aliphatic heterocycles. The van der Waals surface area contributed by atoms with Crippen LogP contribution in [0.4, 0.5) is 0 Å². The molecule has 0 spiro atoms. The second-order valence-corrected chi connectivity index (χ2v) is 7.95. The summed E-state index contributed by atoms with van der Waals surface area (Å²) in [6.45, 7) is 3.26. The van der Waals surface area contributed by atoms with E-state index in [1.807, 2.05) is 34.9 Å². The number of ether oxygens (including phenoxy) is 1. The second-order valence-electron chi connectivity index (χ2n) is 6.60. The largest absolute Gasteiger partial charge is 0.383 e. The summed E-state index contributed by atoms with van der Waals surface area (Å²) in [5, 5.41) is 14.2. The molecule has 0 saturated heterocycles. The van der Waals surface area contributed by atoms with E-state index in [0.717, 1.165) is 22.1 Å². The molecule has 0 amide bonds. The Morgan fingerprint density at radius 3 is 2.80 bits per heavy atom. The molecule has 4 rings (SSSR count). The molecule has 9 heteroatoms. The van der Waals surface area contributed by atoms with Crippen molar-refractivity contribution < 1.29 is 9.26 Å².